The van der Waals surface area contributed by atoms with Crippen LogP contribution >= 0.6 is 0 Å². The lowest BCUT2D eigenvalue weighted by Gasteiger charge is -2.42. The molecule has 3 fully saturated rings. The number of alkyl halides is 3. The molecule has 0 radical (unpaired) electrons. The van der Waals surface area contributed by atoms with E-state index in [1.165, 1.54) is 12.1 Å². The lowest BCUT2D eigenvalue weighted by atomic mass is 9.74. The van der Waals surface area contributed by atoms with Crippen LogP contribution in [0.5, 0.6) is 0 Å². The van der Waals surface area contributed by atoms with Crippen LogP contribution in [0.25, 0.3) is 0 Å². The second kappa shape index (κ2) is 10.6. The standard InChI is InChI=1S/C26H38F3N3O3/c1-18(2)25(9-7-20(16-25)30-22-8-14-35-17-23(22)34-3)24(33)32-12-10-31(11-13-32)21-6-4-5-19(15-21)26(27,28)29/h4-6,15,18,20,22-23,30H,7-14,16-17H2,1-3H3/t20-,22+,23-,25+/m1/s1. The van der Waals surface area contributed by atoms with Gasteiger partial charge >= 0.3 is 6.18 Å². The molecule has 1 amide bonds. The molecule has 0 aromatic heterocycles. The highest BCUT2D eigenvalue weighted by Gasteiger charge is 2.50. The summed E-state index contributed by atoms with van der Waals surface area (Å²) in [4.78, 5) is 17.7. The fraction of sp³-hybridized carbons (Fsp3) is 0.731. The van der Waals surface area contributed by atoms with Gasteiger partial charge in [0.2, 0.25) is 5.91 Å². The summed E-state index contributed by atoms with van der Waals surface area (Å²) >= 11 is 0. The zero-order valence-corrected chi connectivity index (χ0v) is 20.9. The van der Waals surface area contributed by atoms with Crippen molar-refractivity contribution in [3.63, 3.8) is 0 Å². The summed E-state index contributed by atoms with van der Waals surface area (Å²) in [5.74, 6) is 0.395. The van der Waals surface area contributed by atoms with E-state index in [1.54, 1.807) is 13.2 Å². The van der Waals surface area contributed by atoms with Gasteiger partial charge in [-0.2, -0.15) is 13.2 Å². The average molecular weight is 498 g/mol. The molecule has 4 rings (SSSR count). The van der Waals surface area contributed by atoms with Crippen molar-refractivity contribution < 1.29 is 27.4 Å². The maximum atomic E-state index is 13.8. The van der Waals surface area contributed by atoms with E-state index in [4.69, 9.17) is 9.47 Å². The lowest BCUT2D eigenvalue weighted by Crippen LogP contribution is -2.55. The van der Waals surface area contributed by atoms with Crippen LogP contribution in [0.1, 0.15) is 45.1 Å². The van der Waals surface area contributed by atoms with Crippen LogP contribution in [0.3, 0.4) is 0 Å². The number of carbonyl (C=O) groups excluding carboxylic acids is 1. The van der Waals surface area contributed by atoms with E-state index in [0.29, 0.717) is 45.1 Å². The van der Waals surface area contributed by atoms with Crippen LogP contribution in [0.15, 0.2) is 24.3 Å². The number of ether oxygens (including phenoxy) is 2. The zero-order chi connectivity index (χ0) is 25.2. The number of piperazine rings is 1. The zero-order valence-electron chi connectivity index (χ0n) is 20.9. The molecular weight excluding hydrogens is 459 g/mol. The summed E-state index contributed by atoms with van der Waals surface area (Å²) in [5.41, 5.74) is -0.499. The average Bonchev–Trinajstić information content (AvgIpc) is 3.29. The summed E-state index contributed by atoms with van der Waals surface area (Å²) in [6.45, 7) is 7.67. The Hall–Kier alpha value is -1.84. The number of nitrogens with zero attached hydrogens (tertiary/aromatic N) is 2. The molecule has 9 heteroatoms. The molecule has 4 atom stereocenters. The van der Waals surface area contributed by atoms with Crippen LogP contribution in [0, 0.1) is 11.3 Å². The van der Waals surface area contributed by atoms with Gasteiger partial charge < -0.3 is 24.6 Å². The fourth-order valence-corrected chi connectivity index (χ4v) is 5.98. The molecular formula is C26H38F3N3O3. The van der Waals surface area contributed by atoms with Gasteiger partial charge in [-0.3, -0.25) is 4.79 Å². The third kappa shape index (κ3) is 5.62. The van der Waals surface area contributed by atoms with Crippen LogP contribution in [0.2, 0.25) is 0 Å². The molecule has 1 saturated carbocycles. The number of hydrogen-bond acceptors (Lipinski definition) is 5. The SMILES string of the molecule is CO[C@@H]1COCC[C@@H]1N[C@@H]1CC[C@@](C(=O)N2CCN(c3cccc(C(F)(F)F)c3)CC2)(C(C)C)C1. The van der Waals surface area contributed by atoms with Crippen molar-refractivity contribution >= 4 is 11.6 Å². The third-order valence-corrected chi connectivity index (χ3v) is 8.24. The number of anilines is 1. The first-order valence-electron chi connectivity index (χ1n) is 12.7. The molecule has 3 aliphatic rings. The Bertz CT molecular complexity index is 873. The molecule has 6 nitrogen and oxygen atoms in total. The summed E-state index contributed by atoms with van der Waals surface area (Å²) < 4.78 is 50.5. The Morgan fingerprint density at radius 1 is 1.20 bits per heavy atom. The van der Waals surface area contributed by atoms with Gasteiger partial charge in [-0.1, -0.05) is 19.9 Å². The van der Waals surface area contributed by atoms with Crippen LogP contribution in [0.4, 0.5) is 18.9 Å². The Kier molecular flexibility index (Phi) is 7.98. The number of rotatable bonds is 6. The van der Waals surface area contributed by atoms with E-state index in [1.807, 2.05) is 9.80 Å². The number of hydrogen-bond donors (Lipinski definition) is 1. The van der Waals surface area contributed by atoms with Crippen molar-refractivity contribution in [2.75, 3.05) is 51.4 Å². The topological polar surface area (TPSA) is 54.0 Å². The molecule has 0 unspecified atom stereocenters. The molecule has 2 saturated heterocycles. The fourth-order valence-electron chi connectivity index (χ4n) is 5.98. The Balaban J connectivity index is 1.38. The van der Waals surface area contributed by atoms with E-state index in [-0.39, 0.29) is 30.0 Å². The van der Waals surface area contributed by atoms with Crippen molar-refractivity contribution in [2.24, 2.45) is 11.3 Å². The number of amides is 1. The molecule has 1 aromatic carbocycles. The minimum atomic E-state index is -4.36. The van der Waals surface area contributed by atoms with Gasteiger partial charge in [0, 0.05) is 57.7 Å². The first-order valence-corrected chi connectivity index (χ1v) is 12.7. The number of carbonyl (C=O) groups is 1. The maximum absolute atomic E-state index is 13.8. The van der Waals surface area contributed by atoms with Crippen LogP contribution in [-0.4, -0.2) is 75.5 Å². The van der Waals surface area contributed by atoms with Gasteiger partial charge in [0.05, 0.1) is 23.7 Å². The number of nitrogens with one attached hydrogen (secondary N) is 1. The molecule has 1 aliphatic carbocycles. The van der Waals surface area contributed by atoms with Crippen molar-refractivity contribution in [3.8, 4) is 0 Å². The quantitative estimate of drug-likeness (QED) is 0.645. The summed E-state index contributed by atoms with van der Waals surface area (Å²) in [7, 11) is 1.71. The highest BCUT2D eigenvalue weighted by molar-refractivity contribution is 5.84. The van der Waals surface area contributed by atoms with Gasteiger partial charge in [0.25, 0.3) is 0 Å². The van der Waals surface area contributed by atoms with Gasteiger partial charge in [0.15, 0.2) is 0 Å². The summed E-state index contributed by atoms with van der Waals surface area (Å²) in [6, 6.07) is 5.93. The highest BCUT2D eigenvalue weighted by atomic mass is 19.4. The van der Waals surface area contributed by atoms with E-state index in [9.17, 15) is 18.0 Å². The van der Waals surface area contributed by atoms with E-state index in [0.717, 1.165) is 31.7 Å². The second-order valence-electron chi connectivity index (χ2n) is 10.5. The van der Waals surface area contributed by atoms with Gasteiger partial charge in [-0.25, -0.2) is 0 Å². The number of methoxy groups -OCH3 is 1. The van der Waals surface area contributed by atoms with Crippen LogP contribution < -0.4 is 10.2 Å². The Morgan fingerprint density at radius 3 is 2.60 bits per heavy atom. The molecule has 196 valence electrons. The number of benzene rings is 1. The molecule has 35 heavy (non-hydrogen) atoms. The maximum Gasteiger partial charge on any atom is 0.416 e. The number of halogens is 3. The minimum absolute atomic E-state index is 0.0254. The first kappa shape index (κ1) is 26.2. The molecule has 1 N–H and O–H groups in total. The van der Waals surface area contributed by atoms with E-state index >= 15 is 0 Å². The van der Waals surface area contributed by atoms with Gasteiger partial charge in [-0.05, 0) is 49.8 Å². The van der Waals surface area contributed by atoms with Gasteiger partial charge in [0.1, 0.15) is 0 Å². The minimum Gasteiger partial charge on any atom is -0.379 e. The third-order valence-electron chi connectivity index (χ3n) is 8.24. The van der Waals surface area contributed by atoms with E-state index in [2.05, 4.69) is 19.2 Å². The summed E-state index contributed by atoms with van der Waals surface area (Å²) in [5, 5.41) is 3.76. The molecule has 0 spiro atoms. The normalized spacial score (nSPS) is 30.2. The molecule has 0 bridgehead atoms. The predicted molar refractivity (Wildman–Crippen MR) is 128 cm³/mol. The predicted octanol–water partition coefficient (Wildman–Crippen LogP) is 3.94. The summed E-state index contributed by atoms with van der Waals surface area (Å²) in [6.07, 6.45) is -0.853. The highest BCUT2D eigenvalue weighted by Crippen LogP contribution is 2.46. The van der Waals surface area contributed by atoms with Crippen molar-refractivity contribution in [2.45, 2.75) is 63.9 Å². The molecule has 2 heterocycles. The van der Waals surface area contributed by atoms with Crippen molar-refractivity contribution in [1.82, 2.24) is 10.2 Å². The van der Waals surface area contributed by atoms with Crippen molar-refractivity contribution in [3.05, 3.63) is 29.8 Å². The Labute approximate surface area is 206 Å². The first-order chi connectivity index (χ1) is 16.6. The van der Waals surface area contributed by atoms with E-state index < -0.39 is 17.2 Å². The van der Waals surface area contributed by atoms with Crippen LogP contribution in [-0.2, 0) is 20.4 Å². The lowest BCUT2D eigenvalue weighted by molar-refractivity contribution is -0.145. The smallest absolute Gasteiger partial charge is 0.379 e. The molecule has 1 aromatic rings. The van der Waals surface area contributed by atoms with Gasteiger partial charge in [-0.15, -0.1) is 0 Å². The van der Waals surface area contributed by atoms with Crippen molar-refractivity contribution in [1.29, 1.82) is 0 Å². The monoisotopic (exact) mass is 497 g/mol. The second-order valence-corrected chi connectivity index (χ2v) is 10.5. The molecule has 2 aliphatic heterocycles. The Morgan fingerprint density at radius 2 is 1.94 bits per heavy atom. The largest absolute Gasteiger partial charge is 0.416 e.